The highest BCUT2D eigenvalue weighted by Crippen LogP contribution is 2.14. The lowest BCUT2D eigenvalue weighted by molar-refractivity contribution is -0.167. The average Bonchev–Trinajstić information content (AvgIpc) is 3.40. The molecule has 1 atom stereocenters. The smallest absolute Gasteiger partial charge is 0.306 e. The molecule has 0 amide bonds. The minimum absolute atomic E-state index is 0.0947. The number of unbranched alkanes of at least 4 members (excludes halogenated alkanes) is 29. The maximum absolute atomic E-state index is 12.9. The fraction of sp³-hybridized carbons (Fsp3) is 0.721. The minimum atomic E-state index is -0.799. The monoisotopic (exact) mass is 1030 g/mol. The van der Waals surface area contributed by atoms with Gasteiger partial charge in [-0.2, -0.15) is 0 Å². The number of carbonyl (C=O) groups excluding carboxylic acids is 3. The Morgan fingerprint density at radius 2 is 0.486 bits per heavy atom. The van der Waals surface area contributed by atoms with Crippen LogP contribution in [0.1, 0.15) is 297 Å². The van der Waals surface area contributed by atoms with Gasteiger partial charge < -0.3 is 14.2 Å². The molecule has 0 aliphatic carbocycles. The first kappa shape index (κ1) is 70.3. The van der Waals surface area contributed by atoms with E-state index in [1.54, 1.807) is 0 Å². The van der Waals surface area contributed by atoms with Gasteiger partial charge in [-0.25, -0.2) is 0 Å². The summed E-state index contributed by atoms with van der Waals surface area (Å²) in [6.45, 7) is 6.57. The number of hydrogen-bond acceptors (Lipinski definition) is 6. The molecular weight excluding hydrogens is 913 g/mol. The number of carbonyl (C=O) groups is 3. The van der Waals surface area contributed by atoms with Crippen molar-refractivity contribution in [3.05, 3.63) is 97.2 Å². The molecule has 0 aliphatic heterocycles. The maximum atomic E-state index is 12.9. The Balaban J connectivity index is 4.46. The van der Waals surface area contributed by atoms with Crippen molar-refractivity contribution >= 4 is 17.9 Å². The second kappa shape index (κ2) is 61.9. The summed E-state index contributed by atoms with van der Waals surface area (Å²) in [6.07, 6.45) is 82.5. The molecule has 0 radical (unpaired) electrons. The van der Waals surface area contributed by atoms with E-state index >= 15 is 0 Å². The molecule has 0 aromatic carbocycles. The third-order valence-electron chi connectivity index (χ3n) is 13.3. The molecule has 424 valence electrons. The summed E-state index contributed by atoms with van der Waals surface area (Å²) in [7, 11) is 0. The Bertz CT molecular complexity index is 1460. The van der Waals surface area contributed by atoms with Crippen LogP contribution < -0.4 is 0 Å². The summed E-state index contributed by atoms with van der Waals surface area (Å²) in [4.78, 5) is 38.3. The lowest BCUT2D eigenvalue weighted by Crippen LogP contribution is -2.30. The summed E-state index contributed by atoms with van der Waals surface area (Å²) >= 11 is 0. The molecule has 1 unspecified atom stereocenters. The van der Waals surface area contributed by atoms with Gasteiger partial charge in [0.25, 0.3) is 0 Å². The van der Waals surface area contributed by atoms with Crippen molar-refractivity contribution in [1.29, 1.82) is 0 Å². The van der Waals surface area contributed by atoms with Crippen LogP contribution in [0.4, 0.5) is 0 Å². The van der Waals surface area contributed by atoms with Crippen molar-refractivity contribution in [2.75, 3.05) is 13.2 Å². The van der Waals surface area contributed by atoms with Crippen LogP contribution in [0.3, 0.4) is 0 Å². The van der Waals surface area contributed by atoms with Gasteiger partial charge in [0.15, 0.2) is 6.10 Å². The molecular formula is C68H116O6. The van der Waals surface area contributed by atoms with Crippen molar-refractivity contribution in [3.63, 3.8) is 0 Å². The van der Waals surface area contributed by atoms with Crippen molar-refractivity contribution < 1.29 is 28.6 Å². The lowest BCUT2D eigenvalue weighted by Gasteiger charge is -2.18. The molecule has 0 rings (SSSR count). The molecule has 74 heavy (non-hydrogen) atoms. The van der Waals surface area contributed by atoms with Gasteiger partial charge in [0.05, 0.1) is 0 Å². The molecule has 0 spiro atoms. The molecule has 0 saturated heterocycles. The fourth-order valence-electron chi connectivity index (χ4n) is 8.55. The Kier molecular flexibility index (Phi) is 58.8. The summed E-state index contributed by atoms with van der Waals surface area (Å²) in [5.74, 6) is -0.925. The van der Waals surface area contributed by atoms with Crippen LogP contribution in [0.2, 0.25) is 0 Å². The molecule has 0 aliphatic rings. The topological polar surface area (TPSA) is 78.9 Å². The van der Waals surface area contributed by atoms with Crippen LogP contribution in [0.25, 0.3) is 0 Å². The van der Waals surface area contributed by atoms with Crippen LogP contribution in [0.5, 0.6) is 0 Å². The van der Waals surface area contributed by atoms with E-state index in [1.165, 1.54) is 128 Å². The van der Waals surface area contributed by atoms with Crippen molar-refractivity contribution in [2.24, 2.45) is 0 Å². The third-order valence-corrected chi connectivity index (χ3v) is 13.3. The van der Waals surface area contributed by atoms with E-state index in [-0.39, 0.29) is 31.1 Å². The number of rotatable bonds is 56. The fourth-order valence-corrected chi connectivity index (χ4v) is 8.55. The van der Waals surface area contributed by atoms with Crippen molar-refractivity contribution in [3.8, 4) is 0 Å². The van der Waals surface area contributed by atoms with Gasteiger partial charge >= 0.3 is 17.9 Å². The van der Waals surface area contributed by atoms with Crippen molar-refractivity contribution in [1.82, 2.24) is 0 Å². The molecule has 0 saturated carbocycles. The third kappa shape index (κ3) is 59.2. The van der Waals surface area contributed by atoms with E-state index in [1.807, 2.05) is 0 Å². The Labute approximate surface area is 457 Å². The number of esters is 3. The second-order valence-electron chi connectivity index (χ2n) is 20.6. The predicted molar refractivity (Wildman–Crippen MR) is 320 cm³/mol. The molecule has 0 bridgehead atoms. The molecule has 0 aromatic rings. The second-order valence-corrected chi connectivity index (χ2v) is 20.6. The van der Waals surface area contributed by atoms with Crippen LogP contribution in [0.15, 0.2) is 97.2 Å². The highest BCUT2D eigenvalue weighted by molar-refractivity contribution is 5.71. The van der Waals surface area contributed by atoms with Gasteiger partial charge in [-0.15, -0.1) is 0 Å². The van der Waals surface area contributed by atoms with Gasteiger partial charge in [0.2, 0.25) is 0 Å². The van der Waals surface area contributed by atoms with E-state index < -0.39 is 6.10 Å². The first-order valence-corrected chi connectivity index (χ1v) is 31.2. The zero-order chi connectivity index (χ0) is 53.6. The highest BCUT2D eigenvalue weighted by Gasteiger charge is 2.19. The average molecular weight is 1030 g/mol. The number of allylic oxidation sites excluding steroid dienone is 16. The van der Waals surface area contributed by atoms with Crippen LogP contribution in [0, 0.1) is 0 Å². The summed E-state index contributed by atoms with van der Waals surface area (Å²) in [5, 5.41) is 0. The molecule has 6 heteroatoms. The molecule has 6 nitrogen and oxygen atoms in total. The number of hydrogen-bond donors (Lipinski definition) is 0. The standard InChI is InChI=1S/C68H116O6/c1-4-7-10-13-16-19-22-25-28-31-33-34-36-37-40-43-46-49-52-55-58-61-67(70)73-64-65(63-72-66(69)60-57-54-51-48-45-42-39-30-27-24-21-18-15-12-9-6-3)74-68(71)62-59-56-53-50-47-44-41-38-35-32-29-26-23-20-17-14-11-8-5-2/h17,20-22,24-26,29-31,33,35-39,65H,4-16,18-19,23,27-28,32,34,40-64H2,1-3H3/b20-17-,24-21-,25-22-,29-26-,33-31-,37-36-,38-35-,39-30-. The Morgan fingerprint density at radius 1 is 0.270 bits per heavy atom. The van der Waals surface area contributed by atoms with E-state index in [0.717, 1.165) is 128 Å². The van der Waals surface area contributed by atoms with E-state index in [0.29, 0.717) is 19.3 Å². The van der Waals surface area contributed by atoms with Gasteiger partial charge in [-0.1, -0.05) is 246 Å². The highest BCUT2D eigenvalue weighted by atomic mass is 16.6. The Hall–Kier alpha value is -3.67. The zero-order valence-electron chi connectivity index (χ0n) is 48.6. The first-order valence-electron chi connectivity index (χ1n) is 31.2. The molecule has 0 aromatic heterocycles. The maximum Gasteiger partial charge on any atom is 0.306 e. The molecule has 0 N–H and O–H groups in total. The molecule has 0 heterocycles. The van der Waals surface area contributed by atoms with Gasteiger partial charge in [-0.05, 0) is 128 Å². The van der Waals surface area contributed by atoms with Crippen molar-refractivity contribution in [2.45, 2.75) is 303 Å². The predicted octanol–water partition coefficient (Wildman–Crippen LogP) is 21.3. The Morgan fingerprint density at radius 3 is 0.797 bits per heavy atom. The normalized spacial score (nSPS) is 12.7. The van der Waals surface area contributed by atoms with E-state index in [4.69, 9.17) is 14.2 Å². The van der Waals surface area contributed by atoms with Crippen LogP contribution in [-0.4, -0.2) is 37.2 Å². The van der Waals surface area contributed by atoms with Gasteiger partial charge in [0.1, 0.15) is 13.2 Å². The SMILES string of the molecule is CCCCC/C=C\C/C=C\C/C=C\CCCCCCCCC(=O)OC(COC(=O)CCCCCCC/C=C\C/C=C\CCCCCC)COC(=O)CCCCCCCC/C=C\C/C=C\C/C=C\CCCCCCC. The summed E-state index contributed by atoms with van der Waals surface area (Å²) in [5.41, 5.74) is 0. The summed E-state index contributed by atoms with van der Waals surface area (Å²) in [6, 6.07) is 0. The van der Waals surface area contributed by atoms with Crippen LogP contribution >= 0.6 is 0 Å². The lowest BCUT2D eigenvalue weighted by atomic mass is 10.1. The summed E-state index contributed by atoms with van der Waals surface area (Å²) < 4.78 is 16.9. The van der Waals surface area contributed by atoms with E-state index in [9.17, 15) is 14.4 Å². The minimum Gasteiger partial charge on any atom is -0.462 e. The zero-order valence-corrected chi connectivity index (χ0v) is 48.6. The largest absolute Gasteiger partial charge is 0.462 e. The van der Waals surface area contributed by atoms with Crippen LogP contribution in [-0.2, 0) is 28.6 Å². The number of ether oxygens (including phenoxy) is 3. The quantitative estimate of drug-likeness (QED) is 0.0261. The van der Waals surface area contributed by atoms with Gasteiger partial charge in [-0.3, -0.25) is 14.4 Å². The molecule has 0 fully saturated rings. The van der Waals surface area contributed by atoms with Gasteiger partial charge in [0, 0.05) is 19.3 Å². The first-order chi connectivity index (χ1) is 36.5. The van der Waals surface area contributed by atoms with E-state index in [2.05, 4.69) is 118 Å².